The molecule has 8 nitrogen and oxygen atoms in total. The smallest absolute Gasteiger partial charge is 0.258 e. The maximum atomic E-state index is 11.3. The van der Waals surface area contributed by atoms with Gasteiger partial charge in [-0.25, -0.2) is 0 Å². The zero-order valence-corrected chi connectivity index (χ0v) is 15.1. The summed E-state index contributed by atoms with van der Waals surface area (Å²) in [6.45, 7) is 0. The number of H-pyrrole nitrogens is 2. The lowest BCUT2D eigenvalue weighted by atomic mass is 10.1. The predicted octanol–water partition coefficient (Wildman–Crippen LogP) is -1.04. The largest absolute Gasteiger partial charge is 0.288 e. The van der Waals surface area contributed by atoms with Gasteiger partial charge in [0.25, 0.3) is 22.2 Å². The van der Waals surface area contributed by atoms with E-state index in [1.807, 2.05) is 0 Å². The lowest BCUT2D eigenvalue weighted by Gasteiger charge is -1.86. The van der Waals surface area contributed by atoms with E-state index < -0.39 is 43.8 Å². The lowest BCUT2D eigenvalue weighted by molar-refractivity contribution is 0.689. The van der Waals surface area contributed by atoms with Gasteiger partial charge in [-0.1, -0.05) is 0 Å². The Morgan fingerprint density at radius 1 is 0.583 bits per heavy atom. The van der Waals surface area contributed by atoms with E-state index in [9.17, 15) is 27.6 Å². The van der Waals surface area contributed by atoms with E-state index in [-0.39, 0.29) is 21.5 Å². The molecule has 3 rings (SSSR count). The first-order valence-electron chi connectivity index (χ1n) is 6.44. The van der Waals surface area contributed by atoms with Gasteiger partial charge < -0.3 is 0 Å². The number of benzene rings is 1. The average molecular weight is 372 g/mol. The van der Waals surface area contributed by atoms with E-state index in [2.05, 4.69) is 9.97 Å². The van der Waals surface area contributed by atoms with Gasteiger partial charge >= 0.3 is 0 Å². The zero-order valence-electron chi connectivity index (χ0n) is 13.4. The molecule has 2 heterocycles. The van der Waals surface area contributed by atoms with Crippen molar-refractivity contribution >= 4 is 43.1 Å². The summed E-state index contributed by atoms with van der Waals surface area (Å²) in [6.07, 6.45) is 6.56. The zero-order chi connectivity index (χ0) is 18.6. The number of nitrogens with one attached hydrogen (secondary N) is 2. The van der Waals surface area contributed by atoms with Crippen LogP contribution in [0.25, 0.3) is 21.5 Å². The SMILES string of the molecule is CS(C)=O.CS(C)=O.O=c1[nH]c(=O)c2cc3c(=O)[nH]c(=O)c3cc12. The van der Waals surface area contributed by atoms with Crippen LogP contribution in [0, 0.1) is 0 Å². The van der Waals surface area contributed by atoms with Gasteiger partial charge in [0.2, 0.25) is 0 Å². The summed E-state index contributed by atoms with van der Waals surface area (Å²) in [5.74, 6) is 0. The summed E-state index contributed by atoms with van der Waals surface area (Å²) >= 11 is 0. The van der Waals surface area contributed by atoms with Crippen LogP contribution in [0.15, 0.2) is 31.3 Å². The van der Waals surface area contributed by atoms with E-state index in [4.69, 9.17) is 0 Å². The molecule has 0 radical (unpaired) electrons. The Bertz CT molecular complexity index is 952. The molecule has 1 aromatic carbocycles. The van der Waals surface area contributed by atoms with Crippen molar-refractivity contribution in [3.8, 4) is 0 Å². The highest BCUT2D eigenvalue weighted by atomic mass is 32.2. The minimum absolute atomic E-state index is 0.133. The fraction of sp³-hybridized carbons (Fsp3) is 0.286. The normalized spacial score (nSPS) is 10.6. The molecule has 0 saturated carbocycles. The van der Waals surface area contributed by atoms with Crippen LogP contribution in [-0.4, -0.2) is 43.4 Å². The molecule has 0 atom stereocenters. The minimum atomic E-state index is -0.611. The molecule has 24 heavy (non-hydrogen) atoms. The van der Waals surface area contributed by atoms with Crippen molar-refractivity contribution in [1.29, 1.82) is 0 Å². The van der Waals surface area contributed by atoms with Gasteiger partial charge in [0.15, 0.2) is 0 Å². The highest BCUT2D eigenvalue weighted by Gasteiger charge is 2.12. The van der Waals surface area contributed by atoms with E-state index in [0.717, 1.165) is 0 Å². The van der Waals surface area contributed by atoms with Gasteiger partial charge in [-0.05, 0) is 12.1 Å². The van der Waals surface area contributed by atoms with E-state index in [1.54, 1.807) is 25.0 Å². The van der Waals surface area contributed by atoms with Crippen LogP contribution < -0.4 is 22.2 Å². The van der Waals surface area contributed by atoms with Crippen LogP contribution in [0.2, 0.25) is 0 Å². The molecule has 0 aliphatic carbocycles. The van der Waals surface area contributed by atoms with Crippen molar-refractivity contribution in [2.24, 2.45) is 0 Å². The molecule has 0 aliphatic rings. The topological polar surface area (TPSA) is 134 Å². The molecule has 0 bridgehead atoms. The van der Waals surface area contributed by atoms with Crippen molar-refractivity contribution in [1.82, 2.24) is 9.97 Å². The Kier molecular flexibility index (Phi) is 6.67. The molecule has 0 aliphatic heterocycles. The number of aromatic amines is 2. The van der Waals surface area contributed by atoms with E-state index in [0.29, 0.717) is 0 Å². The van der Waals surface area contributed by atoms with Crippen molar-refractivity contribution in [3.63, 3.8) is 0 Å². The second-order valence-electron chi connectivity index (χ2n) is 4.99. The molecule has 0 fully saturated rings. The molecule has 130 valence electrons. The van der Waals surface area contributed by atoms with E-state index in [1.165, 1.54) is 12.1 Å². The van der Waals surface area contributed by atoms with Crippen molar-refractivity contribution in [3.05, 3.63) is 53.5 Å². The third-order valence-corrected chi connectivity index (χ3v) is 2.59. The third-order valence-electron chi connectivity index (χ3n) is 2.59. The summed E-state index contributed by atoms with van der Waals surface area (Å²) in [6, 6.07) is 2.54. The van der Waals surface area contributed by atoms with Gasteiger partial charge in [-0.3, -0.25) is 37.6 Å². The molecule has 0 saturated heterocycles. The Morgan fingerprint density at radius 2 is 0.750 bits per heavy atom. The highest BCUT2D eigenvalue weighted by molar-refractivity contribution is 7.83. The van der Waals surface area contributed by atoms with Crippen LogP contribution in [0.4, 0.5) is 0 Å². The molecule has 2 aromatic heterocycles. The first kappa shape index (κ1) is 19.8. The van der Waals surface area contributed by atoms with Gasteiger partial charge in [0.05, 0.1) is 21.5 Å². The summed E-state index contributed by atoms with van der Waals surface area (Å²) in [5.41, 5.74) is -2.19. The first-order chi connectivity index (χ1) is 11.0. The van der Waals surface area contributed by atoms with Gasteiger partial charge in [-0.2, -0.15) is 0 Å². The summed E-state index contributed by atoms with van der Waals surface area (Å²) in [4.78, 5) is 49.4. The highest BCUT2D eigenvalue weighted by Crippen LogP contribution is 2.12. The summed E-state index contributed by atoms with van der Waals surface area (Å²) in [5, 5.41) is 0.532. The molecule has 10 heteroatoms. The van der Waals surface area contributed by atoms with Crippen molar-refractivity contribution in [2.75, 3.05) is 25.0 Å². The third kappa shape index (κ3) is 4.90. The Hall–Kier alpha value is -2.20. The second kappa shape index (κ2) is 8.06. The van der Waals surface area contributed by atoms with Gasteiger partial charge in [0, 0.05) is 46.6 Å². The predicted molar refractivity (Wildman–Crippen MR) is 97.6 cm³/mol. The second-order valence-corrected chi connectivity index (χ2v) is 7.96. The Morgan fingerprint density at radius 3 is 0.917 bits per heavy atom. The molecule has 0 amide bonds. The summed E-state index contributed by atoms with van der Waals surface area (Å²) < 4.78 is 19.1. The fourth-order valence-electron chi connectivity index (χ4n) is 1.83. The van der Waals surface area contributed by atoms with Crippen LogP contribution >= 0.6 is 0 Å². The van der Waals surface area contributed by atoms with Crippen LogP contribution in [0.5, 0.6) is 0 Å². The maximum absolute atomic E-state index is 11.3. The summed E-state index contributed by atoms with van der Waals surface area (Å²) in [7, 11) is -1.22. The molecule has 0 spiro atoms. The fourth-order valence-corrected chi connectivity index (χ4v) is 1.83. The standard InChI is InChI=1S/C10H4N2O4.2C2H6OS/c13-7-3-1-4-6(10(16)12-8(4)14)2-5(3)9(15)11-7;2*1-4(2)3/h1-2H,(H,11,13,15)(H,12,14,16);2*1-2H3. The average Bonchev–Trinajstić information content (AvgIpc) is 2.86. The first-order valence-corrected chi connectivity index (χ1v) is 10.4. The number of hydrogen-bond donors (Lipinski definition) is 2. The molecular formula is C14H16N2O6S2. The number of aromatic nitrogens is 2. The molecule has 0 unspecified atom stereocenters. The molecular weight excluding hydrogens is 356 g/mol. The van der Waals surface area contributed by atoms with Crippen LogP contribution in [-0.2, 0) is 21.6 Å². The quantitative estimate of drug-likeness (QED) is 0.517. The number of hydrogen-bond acceptors (Lipinski definition) is 6. The number of rotatable bonds is 0. The monoisotopic (exact) mass is 372 g/mol. The maximum Gasteiger partial charge on any atom is 0.258 e. The molecule has 2 N–H and O–H groups in total. The van der Waals surface area contributed by atoms with E-state index >= 15 is 0 Å². The van der Waals surface area contributed by atoms with Crippen molar-refractivity contribution in [2.45, 2.75) is 0 Å². The van der Waals surface area contributed by atoms with Gasteiger partial charge in [-0.15, -0.1) is 0 Å². The number of fused-ring (bicyclic) bond motifs is 2. The van der Waals surface area contributed by atoms with Crippen LogP contribution in [0.3, 0.4) is 0 Å². The Balaban J connectivity index is 0.000000306. The minimum Gasteiger partial charge on any atom is -0.288 e. The van der Waals surface area contributed by atoms with Crippen LogP contribution in [0.1, 0.15) is 0 Å². The lowest BCUT2D eigenvalue weighted by Crippen LogP contribution is -2.06. The van der Waals surface area contributed by atoms with Crippen molar-refractivity contribution < 1.29 is 8.42 Å². The van der Waals surface area contributed by atoms with Gasteiger partial charge in [0.1, 0.15) is 0 Å². The Labute approximate surface area is 140 Å². The molecule has 3 aromatic rings.